The van der Waals surface area contributed by atoms with Crippen molar-refractivity contribution in [1.82, 2.24) is 9.80 Å². The molecule has 4 aliphatic heterocycles. The van der Waals surface area contributed by atoms with Crippen LogP contribution >= 0.6 is 0 Å². The quantitative estimate of drug-likeness (QED) is 0.766. The van der Waals surface area contributed by atoms with Crippen LogP contribution in [0.25, 0.3) is 0 Å². The summed E-state index contributed by atoms with van der Waals surface area (Å²) in [7, 11) is 1.47. The minimum Gasteiger partial charge on any atom is -0.504 e. The fourth-order valence-corrected chi connectivity index (χ4v) is 6.20. The largest absolute Gasteiger partial charge is 0.504 e. The molecule has 0 aromatic heterocycles. The van der Waals surface area contributed by atoms with Crippen molar-refractivity contribution in [3.8, 4) is 11.5 Å². The Morgan fingerprint density at radius 3 is 2.77 bits per heavy atom. The number of fused-ring (bicyclic) bond motifs is 6. The predicted molar refractivity (Wildman–Crippen MR) is 109 cm³/mol. The average Bonchev–Trinajstić information content (AvgIpc) is 2.75. The van der Waals surface area contributed by atoms with Crippen LogP contribution in [0.1, 0.15) is 48.9 Å². The monoisotopic (exact) mass is 414 g/mol. The molecule has 2 bridgehead atoms. The summed E-state index contributed by atoms with van der Waals surface area (Å²) in [4.78, 5) is 29.8. The van der Waals surface area contributed by atoms with E-state index < -0.39 is 5.97 Å². The van der Waals surface area contributed by atoms with Gasteiger partial charge in [0.25, 0.3) is 0 Å². The number of methoxy groups -OCH3 is 1. The molecule has 30 heavy (non-hydrogen) atoms. The molecule has 1 aromatic rings. The minimum atomic E-state index is -0.407. The lowest BCUT2D eigenvalue weighted by atomic mass is 9.70. The molecular formula is C23H30N2O5. The molecule has 1 N–H and O–H groups in total. The zero-order valence-electron chi connectivity index (χ0n) is 17.5. The van der Waals surface area contributed by atoms with E-state index in [0.717, 1.165) is 45.3 Å². The van der Waals surface area contributed by atoms with Crippen molar-refractivity contribution in [2.75, 3.05) is 26.7 Å². The van der Waals surface area contributed by atoms with Crippen LogP contribution in [-0.2, 0) is 9.53 Å². The van der Waals surface area contributed by atoms with Gasteiger partial charge < -0.3 is 19.5 Å². The topological polar surface area (TPSA) is 79.3 Å². The van der Waals surface area contributed by atoms with Crippen molar-refractivity contribution in [1.29, 1.82) is 0 Å². The molecule has 7 heteroatoms. The van der Waals surface area contributed by atoms with Crippen molar-refractivity contribution in [2.24, 2.45) is 11.8 Å². The summed E-state index contributed by atoms with van der Waals surface area (Å²) in [5, 5.41) is 9.94. The van der Waals surface area contributed by atoms with Gasteiger partial charge >= 0.3 is 5.97 Å². The Labute approximate surface area is 176 Å². The van der Waals surface area contributed by atoms with E-state index in [9.17, 15) is 14.7 Å². The van der Waals surface area contributed by atoms with E-state index in [2.05, 4.69) is 9.80 Å². The maximum Gasteiger partial charge on any atom is 0.338 e. The van der Waals surface area contributed by atoms with Gasteiger partial charge in [-0.15, -0.1) is 0 Å². The normalized spacial score (nSPS) is 33.4. The number of amides is 1. The molecule has 4 aliphatic rings. The molecule has 4 heterocycles. The highest BCUT2D eigenvalue weighted by atomic mass is 16.5. The van der Waals surface area contributed by atoms with E-state index in [0.29, 0.717) is 47.6 Å². The number of piperidine rings is 4. The lowest BCUT2D eigenvalue weighted by molar-refractivity contribution is -0.150. The zero-order chi connectivity index (χ0) is 20.8. The van der Waals surface area contributed by atoms with Crippen molar-refractivity contribution in [2.45, 2.75) is 56.7 Å². The number of nitrogens with zero attached hydrogens (tertiary/aromatic N) is 2. The van der Waals surface area contributed by atoms with Crippen LogP contribution < -0.4 is 4.74 Å². The number of carbonyl (C=O) groups is 2. The number of esters is 1. The van der Waals surface area contributed by atoms with Gasteiger partial charge in [0, 0.05) is 44.6 Å². The number of ether oxygens (including phenoxy) is 2. The lowest BCUT2D eigenvalue weighted by Crippen LogP contribution is -2.65. The van der Waals surface area contributed by atoms with Crippen molar-refractivity contribution in [3.05, 3.63) is 23.8 Å². The van der Waals surface area contributed by atoms with E-state index >= 15 is 0 Å². The van der Waals surface area contributed by atoms with Gasteiger partial charge in [0.2, 0.25) is 5.91 Å². The van der Waals surface area contributed by atoms with E-state index in [-0.39, 0.29) is 11.9 Å². The summed E-state index contributed by atoms with van der Waals surface area (Å²) in [6.45, 7) is 2.85. The Bertz CT molecular complexity index is 843. The van der Waals surface area contributed by atoms with Gasteiger partial charge in [-0.05, 0) is 55.7 Å². The third-order valence-electron chi connectivity index (χ3n) is 7.61. The molecule has 162 valence electrons. The van der Waals surface area contributed by atoms with Crippen LogP contribution in [0.2, 0.25) is 0 Å². The molecule has 0 unspecified atom stereocenters. The number of benzene rings is 1. The second-order valence-electron chi connectivity index (χ2n) is 9.26. The molecule has 5 rings (SSSR count). The molecule has 4 saturated heterocycles. The molecule has 7 nitrogen and oxygen atoms in total. The third kappa shape index (κ3) is 3.43. The van der Waals surface area contributed by atoms with Gasteiger partial charge in [-0.3, -0.25) is 9.69 Å². The number of phenols is 1. The van der Waals surface area contributed by atoms with Gasteiger partial charge in [-0.2, -0.15) is 0 Å². The van der Waals surface area contributed by atoms with Crippen LogP contribution in [0.4, 0.5) is 0 Å². The number of phenolic OH excluding ortho intramolecular Hbond substituents is 1. The SMILES string of the molecule is COc1ccc(C(=O)O[C@H]2CCN3C[C@@H]4C[C@@H](CN5C(=O)CCC[C@@H]45)[C@H]3C2)cc1O. The third-order valence-corrected chi connectivity index (χ3v) is 7.61. The van der Waals surface area contributed by atoms with E-state index in [4.69, 9.17) is 9.47 Å². The number of rotatable bonds is 3. The van der Waals surface area contributed by atoms with Gasteiger partial charge in [0.1, 0.15) is 6.10 Å². The second kappa shape index (κ2) is 7.76. The van der Waals surface area contributed by atoms with Crippen LogP contribution in [0, 0.1) is 11.8 Å². The van der Waals surface area contributed by atoms with Crippen LogP contribution in [-0.4, -0.2) is 71.7 Å². The van der Waals surface area contributed by atoms with Gasteiger partial charge in [-0.1, -0.05) is 0 Å². The maximum atomic E-state index is 12.6. The first-order valence-electron chi connectivity index (χ1n) is 11.1. The Hall–Kier alpha value is -2.28. The first kappa shape index (κ1) is 19.7. The summed E-state index contributed by atoms with van der Waals surface area (Å²) in [6.07, 6.45) is 5.58. The molecule has 0 spiro atoms. The molecule has 1 aromatic carbocycles. The summed E-state index contributed by atoms with van der Waals surface area (Å²) in [5.41, 5.74) is 0.332. The van der Waals surface area contributed by atoms with Crippen molar-refractivity contribution >= 4 is 11.9 Å². The molecule has 0 aliphatic carbocycles. The first-order valence-corrected chi connectivity index (χ1v) is 11.1. The van der Waals surface area contributed by atoms with Crippen LogP contribution in [0.5, 0.6) is 11.5 Å². The summed E-state index contributed by atoms with van der Waals surface area (Å²) >= 11 is 0. The molecule has 5 atom stereocenters. The van der Waals surface area contributed by atoms with Gasteiger partial charge in [-0.25, -0.2) is 4.79 Å². The molecule has 0 radical (unpaired) electrons. The fraction of sp³-hybridized carbons (Fsp3) is 0.652. The minimum absolute atomic E-state index is 0.0666. The molecule has 0 saturated carbocycles. The lowest BCUT2D eigenvalue weighted by Gasteiger charge is -2.57. The highest BCUT2D eigenvalue weighted by Gasteiger charge is 2.49. The van der Waals surface area contributed by atoms with E-state index in [1.807, 2.05) is 0 Å². The standard InChI is InChI=1S/C23H30N2O5/c1-29-21-6-5-14(10-20(21)26)23(28)30-17-7-8-24-12-15-9-16(19(24)11-17)13-25-18(15)3-2-4-22(25)27/h5-6,10,15-19,26H,2-4,7-9,11-13H2,1H3/t15-,16-,17-,18-,19+/m0/s1. The second-order valence-corrected chi connectivity index (χ2v) is 9.26. The first-order chi connectivity index (χ1) is 14.5. The molecular weight excluding hydrogens is 384 g/mol. The van der Waals surface area contributed by atoms with E-state index in [1.165, 1.54) is 19.6 Å². The number of hydrogen-bond donors (Lipinski definition) is 1. The van der Waals surface area contributed by atoms with Crippen LogP contribution in [0.15, 0.2) is 18.2 Å². The number of hydrogen-bond acceptors (Lipinski definition) is 6. The summed E-state index contributed by atoms with van der Waals surface area (Å²) < 4.78 is 10.9. The predicted octanol–water partition coefficient (Wildman–Crippen LogP) is 2.42. The Morgan fingerprint density at radius 1 is 1.13 bits per heavy atom. The number of carbonyl (C=O) groups excluding carboxylic acids is 2. The number of aromatic hydroxyl groups is 1. The van der Waals surface area contributed by atoms with Crippen molar-refractivity contribution in [3.63, 3.8) is 0 Å². The smallest absolute Gasteiger partial charge is 0.338 e. The summed E-state index contributed by atoms with van der Waals surface area (Å²) in [6, 6.07) is 5.38. The zero-order valence-corrected chi connectivity index (χ0v) is 17.5. The average molecular weight is 415 g/mol. The highest BCUT2D eigenvalue weighted by molar-refractivity contribution is 5.90. The van der Waals surface area contributed by atoms with E-state index in [1.54, 1.807) is 12.1 Å². The summed E-state index contributed by atoms with van der Waals surface area (Å²) in [5.74, 6) is 1.24. The Kier molecular flexibility index (Phi) is 5.09. The fourth-order valence-electron chi connectivity index (χ4n) is 6.20. The molecule has 1 amide bonds. The Balaban J connectivity index is 1.25. The van der Waals surface area contributed by atoms with Gasteiger partial charge in [0.05, 0.1) is 12.7 Å². The molecule has 4 fully saturated rings. The van der Waals surface area contributed by atoms with Crippen LogP contribution in [0.3, 0.4) is 0 Å². The van der Waals surface area contributed by atoms with Crippen molar-refractivity contribution < 1.29 is 24.2 Å². The Morgan fingerprint density at radius 2 is 1.97 bits per heavy atom. The maximum absolute atomic E-state index is 12.6. The van der Waals surface area contributed by atoms with Gasteiger partial charge in [0.15, 0.2) is 11.5 Å². The highest BCUT2D eigenvalue weighted by Crippen LogP contribution is 2.43.